The summed E-state index contributed by atoms with van der Waals surface area (Å²) in [5.41, 5.74) is 2.83. The highest BCUT2D eigenvalue weighted by Gasteiger charge is 1.94. The first-order chi connectivity index (χ1) is 6.95. The summed E-state index contributed by atoms with van der Waals surface area (Å²) in [6.07, 6.45) is 1.13. The second kappa shape index (κ2) is 5.29. The molecule has 2 heterocycles. The Labute approximate surface area is 92.4 Å². The van der Waals surface area contributed by atoms with E-state index in [4.69, 9.17) is 0 Å². The van der Waals surface area contributed by atoms with E-state index >= 15 is 0 Å². The Bertz CT molecular complexity index is 301. The van der Waals surface area contributed by atoms with Crippen LogP contribution in [0.1, 0.15) is 11.1 Å². The lowest BCUT2D eigenvalue weighted by Gasteiger charge is -2.01. The Hall–Kier alpha value is -0.640. The van der Waals surface area contributed by atoms with E-state index in [0.29, 0.717) is 0 Å². The van der Waals surface area contributed by atoms with Crippen molar-refractivity contribution in [2.24, 2.45) is 0 Å². The van der Waals surface area contributed by atoms with Crippen LogP contribution in [0.5, 0.6) is 0 Å². The van der Waals surface area contributed by atoms with E-state index in [-0.39, 0.29) is 0 Å². The maximum atomic E-state index is 3.44. The topological polar surface area (TPSA) is 12.0 Å². The van der Waals surface area contributed by atoms with Gasteiger partial charge in [-0.15, -0.1) is 0 Å². The van der Waals surface area contributed by atoms with Crippen LogP contribution in [0.2, 0.25) is 0 Å². The van der Waals surface area contributed by atoms with E-state index in [1.54, 1.807) is 22.7 Å². The van der Waals surface area contributed by atoms with Gasteiger partial charge in [-0.1, -0.05) is 0 Å². The lowest BCUT2D eigenvalue weighted by atomic mass is 10.2. The average molecular weight is 223 g/mol. The van der Waals surface area contributed by atoms with Crippen molar-refractivity contribution in [1.29, 1.82) is 0 Å². The van der Waals surface area contributed by atoms with Crippen molar-refractivity contribution in [3.8, 4) is 0 Å². The third kappa shape index (κ3) is 2.94. The summed E-state index contributed by atoms with van der Waals surface area (Å²) in [5.74, 6) is 0. The molecule has 0 bridgehead atoms. The van der Waals surface area contributed by atoms with E-state index in [9.17, 15) is 0 Å². The van der Waals surface area contributed by atoms with E-state index in [1.807, 2.05) is 0 Å². The lowest BCUT2D eigenvalue weighted by Crippen LogP contribution is -2.15. The molecule has 3 heteroatoms. The quantitative estimate of drug-likeness (QED) is 0.768. The van der Waals surface area contributed by atoms with Gasteiger partial charge < -0.3 is 5.32 Å². The van der Waals surface area contributed by atoms with Crippen molar-refractivity contribution >= 4 is 22.7 Å². The van der Waals surface area contributed by atoms with Crippen LogP contribution >= 0.6 is 22.7 Å². The van der Waals surface area contributed by atoms with Crippen LogP contribution in [0, 0.1) is 0 Å². The molecular formula is C11H13NS2. The van der Waals surface area contributed by atoms with Crippen molar-refractivity contribution in [3.05, 3.63) is 44.8 Å². The summed E-state index contributed by atoms with van der Waals surface area (Å²) in [7, 11) is 0. The first-order valence-electron chi connectivity index (χ1n) is 4.68. The fourth-order valence-electron chi connectivity index (χ4n) is 1.29. The molecule has 14 heavy (non-hydrogen) atoms. The van der Waals surface area contributed by atoms with Crippen molar-refractivity contribution in [2.75, 3.05) is 6.54 Å². The second-order valence-corrected chi connectivity index (χ2v) is 4.75. The molecule has 0 fully saturated rings. The van der Waals surface area contributed by atoms with Crippen LogP contribution in [0.15, 0.2) is 33.7 Å². The predicted octanol–water partition coefficient (Wildman–Crippen LogP) is 3.14. The standard InChI is InChI=1S/C11H13NS2/c1(10-2-5-13-8-10)4-12-7-11-3-6-14-9-11/h2-3,5-6,8-9,12H,1,4,7H2. The number of rotatable bonds is 5. The van der Waals surface area contributed by atoms with Gasteiger partial charge in [-0.25, -0.2) is 0 Å². The molecule has 2 aromatic heterocycles. The summed E-state index contributed by atoms with van der Waals surface area (Å²) < 4.78 is 0. The number of hydrogen-bond acceptors (Lipinski definition) is 3. The molecule has 0 aliphatic rings. The molecular weight excluding hydrogens is 210 g/mol. The molecule has 0 amide bonds. The van der Waals surface area contributed by atoms with Gasteiger partial charge in [0.05, 0.1) is 0 Å². The number of nitrogens with one attached hydrogen (secondary N) is 1. The molecule has 0 unspecified atom stereocenters. The Morgan fingerprint density at radius 1 is 1.00 bits per heavy atom. The largest absolute Gasteiger partial charge is 0.312 e. The van der Waals surface area contributed by atoms with Gasteiger partial charge in [-0.3, -0.25) is 0 Å². The lowest BCUT2D eigenvalue weighted by molar-refractivity contribution is 0.689. The summed E-state index contributed by atoms with van der Waals surface area (Å²) >= 11 is 3.53. The molecule has 2 rings (SSSR count). The molecule has 74 valence electrons. The summed E-state index contributed by atoms with van der Waals surface area (Å²) in [4.78, 5) is 0. The van der Waals surface area contributed by atoms with Gasteiger partial charge in [0, 0.05) is 6.54 Å². The van der Waals surface area contributed by atoms with Crippen LogP contribution in [0.3, 0.4) is 0 Å². The molecule has 0 spiro atoms. The zero-order valence-electron chi connectivity index (χ0n) is 7.90. The average Bonchev–Trinajstić information content (AvgIpc) is 2.86. The third-order valence-corrected chi connectivity index (χ3v) is 3.54. The van der Waals surface area contributed by atoms with Gasteiger partial charge in [0.2, 0.25) is 0 Å². The van der Waals surface area contributed by atoms with Gasteiger partial charge in [0.1, 0.15) is 0 Å². The molecule has 0 radical (unpaired) electrons. The summed E-state index contributed by atoms with van der Waals surface area (Å²) in [6, 6.07) is 4.36. The van der Waals surface area contributed by atoms with Crippen molar-refractivity contribution in [2.45, 2.75) is 13.0 Å². The van der Waals surface area contributed by atoms with E-state index in [0.717, 1.165) is 19.5 Å². The fraction of sp³-hybridized carbons (Fsp3) is 0.273. The summed E-state index contributed by atoms with van der Waals surface area (Å²) in [6.45, 7) is 2.06. The molecule has 1 nitrogen and oxygen atoms in total. The summed E-state index contributed by atoms with van der Waals surface area (Å²) in [5, 5.41) is 12.1. The van der Waals surface area contributed by atoms with Gasteiger partial charge >= 0.3 is 0 Å². The fourth-order valence-corrected chi connectivity index (χ4v) is 2.67. The normalized spacial score (nSPS) is 10.6. The predicted molar refractivity (Wildman–Crippen MR) is 64.0 cm³/mol. The van der Waals surface area contributed by atoms with Gasteiger partial charge in [0.25, 0.3) is 0 Å². The Morgan fingerprint density at radius 2 is 1.71 bits per heavy atom. The van der Waals surface area contributed by atoms with Crippen LogP contribution in [-0.4, -0.2) is 6.54 Å². The van der Waals surface area contributed by atoms with E-state index in [2.05, 4.69) is 39.0 Å². The second-order valence-electron chi connectivity index (χ2n) is 3.19. The Kier molecular flexibility index (Phi) is 3.74. The minimum Gasteiger partial charge on any atom is -0.312 e. The van der Waals surface area contributed by atoms with Crippen molar-refractivity contribution < 1.29 is 0 Å². The number of hydrogen-bond donors (Lipinski definition) is 1. The highest BCUT2D eigenvalue weighted by molar-refractivity contribution is 7.08. The van der Waals surface area contributed by atoms with Gasteiger partial charge in [-0.05, 0) is 57.7 Å². The molecule has 0 saturated heterocycles. The van der Waals surface area contributed by atoms with Crippen LogP contribution < -0.4 is 5.32 Å². The molecule has 0 aliphatic carbocycles. The Balaban J connectivity index is 1.65. The van der Waals surface area contributed by atoms with Crippen LogP contribution in [-0.2, 0) is 13.0 Å². The third-order valence-electron chi connectivity index (χ3n) is 2.08. The molecule has 0 saturated carbocycles. The highest BCUT2D eigenvalue weighted by atomic mass is 32.1. The zero-order valence-corrected chi connectivity index (χ0v) is 9.53. The monoisotopic (exact) mass is 223 g/mol. The minimum atomic E-state index is 0.994. The van der Waals surface area contributed by atoms with E-state index < -0.39 is 0 Å². The molecule has 0 atom stereocenters. The van der Waals surface area contributed by atoms with Gasteiger partial charge in [-0.2, -0.15) is 22.7 Å². The number of thiophene rings is 2. The maximum absolute atomic E-state index is 3.44. The minimum absolute atomic E-state index is 0.994. The molecule has 0 aliphatic heterocycles. The maximum Gasteiger partial charge on any atom is 0.0213 e. The van der Waals surface area contributed by atoms with E-state index in [1.165, 1.54) is 11.1 Å². The SMILES string of the molecule is c1cc(CCNCc2ccsc2)cs1. The van der Waals surface area contributed by atoms with Crippen LogP contribution in [0.25, 0.3) is 0 Å². The molecule has 2 aromatic rings. The smallest absolute Gasteiger partial charge is 0.0213 e. The first kappa shape index (κ1) is 9.90. The van der Waals surface area contributed by atoms with Gasteiger partial charge in [0.15, 0.2) is 0 Å². The van der Waals surface area contributed by atoms with Crippen LogP contribution in [0.4, 0.5) is 0 Å². The first-order valence-corrected chi connectivity index (χ1v) is 6.56. The highest BCUT2D eigenvalue weighted by Crippen LogP contribution is 2.07. The molecule has 0 aromatic carbocycles. The zero-order chi connectivity index (χ0) is 9.64. The van der Waals surface area contributed by atoms with Crippen molar-refractivity contribution in [3.63, 3.8) is 0 Å². The van der Waals surface area contributed by atoms with Crippen molar-refractivity contribution in [1.82, 2.24) is 5.32 Å². The molecule has 1 N–H and O–H groups in total. The Morgan fingerprint density at radius 3 is 2.36 bits per heavy atom.